The molecule has 1 heterocycles. The fourth-order valence-electron chi connectivity index (χ4n) is 3.45. The van der Waals surface area contributed by atoms with E-state index in [1.54, 1.807) is 42.5 Å². The molecule has 0 aliphatic carbocycles. The molecular weight excluding hydrogens is 446 g/mol. The van der Waals surface area contributed by atoms with Crippen molar-refractivity contribution in [3.63, 3.8) is 0 Å². The SMILES string of the molecule is COc1cc(Cl)ccc1NC(=O)COc1ccc([C@@H]2NC(=O)c3ccccc3N2)cc1OC. The first-order valence-corrected chi connectivity index (χ1v) is 10.5. The number of methoxy groups -OCH3 is 2. The zero-order valence-corrected chi connectivity index (χ0v) is 18.7. The van der Waals surface area contributed by atoms with Gasteiger partial charge in [0.25, 0.3) is 11.8 Å². The molecule has 0 bridgehead atoms. The largest absolute Gasteiger partial charge is 0.495 e. The minimum absolute atomic E-state index is 0.164. The number of para-hydroxylation sites is 1. The Hall–Kier alpha value is -3.91. The van der Waals surface area contributed by atoms with Gasteiger partial charge < -0.3 is 30.2 Å². The molecule has 3 aromatic rings. The van der Waals surface area contributed by atoms with E-state index >= 15 is 0 Å². The van der Waals surface area contributed by atoms with E-state index in [9.17, 15) is 9.59 Å². The Kier molecular flexibility index (Phi) is 6.55. The molecule has 9 heteroatoms. The van der Waals surface area contributed by atoms with E-state index in [1.165, 1.54) is 14.2 Å². The lowest BCUT2D eigenvalue weighted by Crippen LogP contribution is -2.38. The standard InChI is InChI=1S/C24H22ClN3O5/c1-31-20-12-15(25)8-9-18(20)26-22(29)13-33-19-10-7-14(11-21(19)32-2)23-27-17-6-4-3-5-16(17)24(30)28-23/h3-12,23,27H,13H2,1-2H3,(H,26,29)(H,28,30)/t23-/m0/s1. The monoisotopic (exact) mass is 467 g/mol. The van der Waals surface area contributed by atoms with Crippen LogP contribution in [0.3, 0.4) is 0 Å². The number of carbonyl (C=O) groups excluding carboxylic acids is 2. The molecule has 33 heavy (non-hydrogen) atoms. The topological polar surface area (TPSA) is 97.9 Å². The Morgan fingerprint density at radius 2 is 1.76 bits per heavy atom. The summed E-state index contributed by atoms with van der Waals surface area (Å²) in [5.74, 6) is 0.727. The van der Waals surface area contributed by atoms with Crippen molar-refractivity contribution in [2.24, 2.45) is 0 Å². The molecule has 0 spiro atoms. The highest BCUT2D eigenvalue weighted by atomic mass is 35.5. The van der Waals surface area contributed by atoms with Gasteiger partial charge in [0.15, 0.2) is 18.1 Å². The molecule has 170 valence electrons. The highest BCUT2D eigenvalue weighted by Crippen LogP contribution is 2.33. The number of amides is 2. The Bertz CT molecular complexity index is 1200. The first-order valence-electron chi connectivity index (χ1n) is 10.1. The van der Waals surface area contributed by atoms with Crippen LogP contribution in [0, 0.1) is 0 Å². The Morgan fingerprint density at radius 3 is 2.55 bits per heavy atom. The van der Waals surface area contributed by atoms with Crippen molar-refractivity contribution >= 4 is 34.8 Å². The number of ether oxygens (including phenoxy) is 3. The summed E-state index contributed by atoms with van der Waals surface area (Å²) in [6, 6.07) is 17.4. The van der Waals surface area contributed by atoms with Crippen LogP contribution in [0.25, 0.3) is 0 Å². The summed E-state index contributed by atoms with van der Waals surface area (Å²) in [7, 11) is 3.00. The molecule has 0 unspecified atom stereocenters. The molecule has 2 amide bonds. The molecule has 1 atom stereocenters. The number of rotatable bonds is 7. The van der Waals surface area contributed by atoms with Crippen LogP contribution in [0.1, 0.15) is 22.1 Å². The number of fused-ring (bicyclic) bond motifs is 1. The molecule has 8 nitrogen and oxygen atoms in total. The second-order valence-electron chi connectivity index (χ2n) is 7.19. The Labute approximate surface area is 195 Å². The van der Waals surface area contributed by atoms with Crippen molar-refractivity contribution in [1.82, 2.24) is 5.32 Å². The third-order valence-electron chi connectivity index (χ3n) is 5.06. The molecular formula is C24H22ClN3O5. The second kappa shape index (κ2) is 9.70. The summed E-state index contributed by atoms with van der Waals surface area (Å²) < 4.78 is 16.3. The Balaban J connectivity index is 1.43. The van der Waals surface area contributed by atoms with E-state index in [2.05, 4.69) is 16.0 Å². The lowest BCUT2D eigenvalue weighted by Gasteiger charge is -2.28. The van der Waals surface area contributed by atoms with Gasteiger partial charge in [0.05, 0.1) is 25.5 Å². The van der Waals surface area contributed by atoms with Crippen molar-refractivity contribution in [3.05, 3.63) is 76.8 Å². The molecule has 0 aromatic heterocycles. The lowest BCUT2D eigenvalue weighted by molar-refractivity contribution is -0.118. The van der Waals surface area contributed by atoms with Gasteiger partial charge in [-0.25, -0.2) is 0 Å². The van der Waals surface area contributed by atoms with E-state index < -0.39 is 6.17 Å². The van der Waals surface area contributed by atoms with Crippen LogP contribution in [0.2, 0.25) is 5.02 Å². The quantitative estimate of drug-likeness (QED) is 0.481. The number of carbonyl (C=O) groups is 2. The van der Waals surface area contributed by atoms with Crippen LogP contribution < -0.4 is 30.2 Å². The van der Waals surface area contributed by atoms with Crippen molar-refractivity contribution in [2.45, 2.75) is 6.17 Å². The van der Waals surface area contributed by atoms with E-state index in [-0.39, 0.29) is 18.4 Å². The zero-order valence-electron chi connectivity index (χ0n) is 18.0. The third kappa shape index (κ3) is 4.96. The molecule has 1 aliphatic rings. The van der Waals surface area contributed by atoms with E-state index in [0.717, 1.165) is 11.3 Å². The minimum Gasteiger partial charge on any atom is -0.495 e. The normalized spacial score (nSPS) is 14.4. The summed E-state index contributed by atoms with van der Waals surface area (Å²) in [6.45, 7) is -0.243. The second-order valence-corrected chi connectivity index (χ2v) is 7.62. The van der Waals surface area contributed by atoms with Crippen LogP contribution in [0.5, 0.6) is 17.2 Å². The van der Waals surface area contributed by atoms with Gasteiger partial charge in [-0.15, -0.1) is 0 Å². The molecule has 0 fully saturated rings. The number of halogens is 1. The maximum atomic E-state index is 12.4. The summed E-state index contributed by atoms with van der Waals surface area (Å²) in [6.07, 6.45) is -0.434. The zero-order chi connectivity index (χ0) is 23.4. The first kappa shape index (κ1) is 22.3. The number of benzene rings is 3. The number of hydrogen-bond donors (Lipinski definition) is 3. The van der Waals surface area contributed by atoms with Gasteiger partial charge in [0.2, 0.25) is 0 Å². The van der Waals surface area contributed by atoms with Gasteiger partial charge in [0.1, 0.15) is 11.9 Å². The molecule has 3 N–H and O–H groups in total. The molecule has 0 radical (unpaired) electrons. The molecule has 0 saturated carbocycles. The van der Waals surface area contributed by atoms with Gasteiger partial charge in [-0.1, -0.05) is 29.8 Å². The minimum atomic E-state index is -0.434. The summed E-state index contributed by atoms with van der Waals surface area (Å²) in [5, 5.41) is 9.44. The van der Waals surface area contributed by atoms with Crippen LogP contribution in [0.15, 0.2) is 60.7 Å². The fourth-order valence-corrected chi connectivity index (χ4v) is 3.62. The molecule has 1 aliphatic heterocycles. The number of anilines is 2. The van der Waals surface area contributed by atoms with E-state index in [0.29, 0.717) is 33.5 Å². The van der Waals surface area contributed by atoms with Crippen LogP contribution in [-0.4, -0.2) is 32.6 Å². The van der Waals surface area contributed by atoms with Crippen LogP contribution in [-0.2, 0) is 4.79 Å². The van der Waals surface area contributed by atoms with Crippen LogP contribution in [0.4, 0.5) is 11.4 Å². The number of nitrogens with one attached hydrogen (secondary N) is 3. The van der Waals surface area contributed by atoms with Crippen molar-refractivity contribution in [3.8, 4) is 17.2 Å². The van der Waals surface area contributed by atoms with E-state index in [4.69, 9.17) is 25.8 Å². The molecule has 4 rings (SSSR count). The molecule has 0 saturated heterocycles. The van der Waals surface area contributed by atoms with E-state index in [1.807, 2.05) is 18.2 Å². The van der Waals surface area contributed by atoms with Gasteiger partial charge in [0, 0.05) is 16.8 Å². The summed E-state index contributed by atoms with van der Waals surface area (Å²) in [4.78, 5) is 24.8. The third-order valence-corrected chi connectivity index (χ3v) is 5.30. The average Bonchev–Trinajstić information content (AvgIpc) is 2.83. The average molecular weight is 468 g/mol. The van der Waals surface area contributed by atoms with Crippen LogP contribution >= 0.6 is 11.6 Å². The van der Waals surface area contributed by atoms with Gasteiger partial charge in [-0.3, -0.25) is 9.59 Å². The van der Waals surface area contributed by atoms with Crippen molar-refractivity contribution < 1.29 is 23.8 Å². The fraction of sp³-hybridized carbons (Fsp3) is 0.167. The van der Waals surface area contributed by atoms with Gasteiger partial charge in [-0.05, 0) is 42.0 Å². The maximum absolute atomic E-state index is 12.4. The lowest BCUT2D eigenvalue weighted by atomic mass is 10.1. The number of hydrogen-bond acceptors (Lipinski definition) is 6. The summed E-state index contributed by atoms with van der Waals surface area (Å²) >= 11 is 5.95. The van der Waals surface area contributed by atoms with Crippen molar-refractivity contribution in [1.29, 1.82) is 0 Å². The highest BCUT2D eigenvalue weighted by molar-refractivity contribution is 6.30. The molecule has 3 aromatic carbocycles. The summed E-state index contributed by atoms with van der Waals surface area (Å²) in [5.41, 5.74) is 2.60. The van der Waals surface area contributed by atoms with Gasteiger partial charge >= 0.3 is 0 Å². The predicted octanol–water partition coefficient (Wildman–Crippen LogP) is 4.23. The smallest absolute Gasteiger partial charge is 0.262 e. The van der Waals surface area contributed by atoms with Gasteiger partial charge in [-0.2, -0.15) is 0 Å². The van der Waals surface area contributed by atoms with Crippen molar-refractivity contribution in [2.75, 3.05) is 31.5 Å². The maximum Gasteiger partial charge on any atom is 0.262 e. The Morgan fingerprint density at radius 1 is 0.970 bits per heavy atom. The highest BCUT2D eigenvalue weighted by Gasteiger charge is 2.25. The first-order chi connectivity index (χ1) is 16.0. The predicted molar refractivity (Wildman–Crippen MR) is 125 cm³/mol.